The van der Waals surface area contributed by atoms with Gasteiger partial charge in [0.25, 0.3) is 0 Å². The molecule has 0 bridgehead atoms. The Hall–Kier alpha value is -1.97. The van der Waals surface area contributed by atoms with E-state index >= 15 is 0 Å². The van der Waals surface area contributed by atoms with Crippen molar-refractivity contribution in [3.63, 3.8) is 0 Å². The first-order chi connectivity index (χ1) is 7.69. The Morgan fingerprint density at radius 2 is 1.75 bits per heavy atom. The molecule has 0 saturated carbocycles. The fraction of sp³-hybridized carbons (Fsp3) is 0.0833. The van der Waals surface area contributed by atoms with Gasteiger partial charge in [0.2, 0.25) is 0 Å². The predicted molar refractivity (Wildman–Crippen MR) is 59.1 cm³/mol. The zero-order chi connectivity index (χ0) is 11.5. The molecule has 0 radical (unpaired) electrons. The quantitative estimate of drug-likeness (QED) is 0.841. The molecule has 2 nitrogen and oxygen atoms in total. The maximum absolute atomic E-state index is 13.0. The van der Waals surface area contributed by atoms with Gasteiger partial charge in [0.1, 0.15) is 11.6 Å². The van der Waals surface area contributed by atoms with Gasteiger partial charge in [-0.1, -0.05) is 0 Å². The highest BCUT2D eigenvalue weighted by molar-refractivity contribution is 5.63. The zero-order valence-corrected chi connectivity index (χ0v) is 8.67. The molecule has 0 aliphatic carbocycles. The summed E-state index contributed by atoms with van der Waals surface area (Å²) in [6.45, 7) is 0. The average molecular weight is 220 g/mol. The molecule has 0 atom stereocenters. The van der Waals surface area contributed by atoms with E-state index < -0.39 is 11.6 Å². The number of nitrogens with one attached hydrogen (secondary N) is 1. The van der Waals surface area contributed by atoms with Crippen LogP contribution >= 0.6 is 0 Å². The van der Waals surface area contributed by atoms with Crippen molar-refractivity contribution >= 4 is 5.69 Å². The van der Waals surface area contributed by atoms with Gasteiger partial charge in [-0.2, -0.15) is 0 Å². The Morgan fingerprint density at radius 3 is 2.38 bits per heavy atom. The van der Waals surface area contributed by atoms with Crippen LogP contribution in [0.1, 0.15) is 0 Å². The van der Waals surface area contributed by atoms with Gasteiger partial charge >= 0.3 is 0 Å². The Balaban J connectivity index is 2.49. The van der Waals surface area contributed by atoms with Crippen molar-refractivity contribution in [1.29, 1.82) is 0 Å². The third kappa shape index (κ3) is 2.16. The van der Waals surface area contributed by atoms with E-state index in [-0.39, 0.29) is 0 Å². The molecule has 16 heavy (non-hydrogen) atoms. The number of pyridine rings is 1. The van der Waals surface area contributed by atoms with Crippen molar-refractivity contribution in [2.45, 2.75) is 0 Å². The van der Waals surface area contributed by atoms with Gasteiger partial charge in [0.05, 0.1) is 5.69 Å². The van der Waals surface area contributed by atoms with Gasteiger partial charge in [-0.15, -0.1) is 0 Å². The van der Waals surface area contributed by atoms with Crippen LogP contribution in [-0.4, -0.2) is 12.0 Å². The van der Waals surface area contributed by atoms with Crippen molar-refractivity contribution in [3.05, 3.63) is 48.2 Å². The van der Waals surface area contributed by atoms with Crippen molar-refractivity contribution in [3.8, 4) is 11.3 Å². The van der Waals surface area contributed by atoms with Gasteiger partial charge in [-0.05, 0) is 24.3 Å². The first-order valence-corrected chi connectivity index (χ1v) is 4.79. The number of rotatable bonds is 2. The molecule has 82 valence electrons. The minimum absolute atomic E-state index is 0.426. The molecular weight excluding hydrogens is 210 g/mol. The molecular formula is C12H10F2N2. The fourth-order valence-corrected chi connectivity index (χ4v) is 1.45. The minimum atomic E-state index is -0.605. The van der Waals surface area contributed by atoms with Gasteiger partial charge in [-0.3, -0.25) is 4.98 Å². The Morgan fingerprint density at radius 1 is 1.06 bits per heavy atom. The number of nitrogens with zero attached hydrogens (tertiary/aromatic N) is 1. The molecule has 0 aliphatic heterocycles. The summed E-state index contributed by atoms with van der Waals surface area (Å²) >= 11 is 0. The Labute approximate surface area is 92.0 Å². The number of anilines is 1. The van der Waals surface area contributed by atoms with E-state index in [4.69, 9.17) is 0 Å². The van der Waals surface area contributed by atoms with Crippen LogP contribution < -0.4 is 5.32 Å². The molecule has 2 rings (SSSR count). The molecule has 1 aromatic carbocycles. The predicted octanol–water partition coefficient (Wildman–Crippen LogP) is 3.07. The summed E-state index contributed by atoms with van der Waals surface area (Å²) in [6, 6.07) is 6.86. The fourth-order valence-electron chi connectivity index (χ4n) is 1.45. The number of hydrogen-bond acceptors (Lipinski definition) is 2. The first kappa shape index (κ1) is 10.5. The third-order valence-electron chi connectivity index (χ3n) is 2.21. The van der Waals surface area contributed by atoms with Crippen LogP contribution in [0.4, 0.5) is 14.5 Å². The Kier molecular flexibility index (Phi) is 2.81. The molecule has 1 N–H and O–H groups in total. The number of hydrogen-bond donors (Lipinski definition) is 1. The summed E-state index contributed by atoms with van der Waals surface area (Å²) < 4.78 is 26.0. The topological polar surface area (TPSA) is 24.9 Å². The molecule has 0 saturated heterocycles. The lowest BCUT2D eigenvalue weighted by molar-refractivity contribution is 0.584. The summed E-state index contributed by atoms with van der Waals surface area (Å²) in [5, 5.41) is 2.94. The number of aromatic nitrogens is 1. The highest BCUT2D eigenvalue weighted by atomic mass is 19.1. The third-order valence-corrected chi connectivity index (χ3v) is 2.21. The summed E-state index contributed by atoms with van der Waals surface area (Å²) in [7, 11) is 1.77. The van der Waals surface area contributed by atoms with Crippen molar-refractivity contribution in [2.24, 2.45) is 0 Å². The zero-order valence-electron chi connectivity index (χ0n) is 8.67. The molecule has 1 aromatic heterocycles. The number of benzene rings is 1. The Bertz CT molecular complexity index is 492. The smallest absolute Gasteiger partial charge is 0.126 e. The number of halogens is 2. The second kappa shape index (κ2) is 4.26. The summed E-state index contributed by atoms with van der Waals surface area (Å²) in [6.07, 6.45) is 1.59. The van der Waals surface area contributed by atoms with Crippen molar-refractivity contribution in [1.82, 2.24) is 4.98 Å². The van der Waals surface area contributed by atoms with E-state index in [1.54, 1.807) is 25.4 Å². The lowest BCUT2D eigenvalue weighted by atomic mass is 10.1. The van der Waals surface area contributed by atoms with Crippen molar-refractivity contribution in [2.75, 3.05) is 12.4 Å². The lowest BCUT2D eigenvalue weighted by Crippen LogP contribution is -1.91. The molecule has 1 heterocycles. The first-order valence-electron chi connectivity index (χ1n) is 4.79. The highest BCUT2D eigenvalue weighted by Crippen LogP contribution is 2.21. The van der Waals surface area contributed by atoms with Gasteiger partial charge in [0, 0.05) is 30.6 Å². The molecule has 0 aliphatic rings. The molecule has 4 heteroatoms. The van der Waals surface area contributed by atoms with E-state index in [9.17, 15) is 8.78 Å². The van der Waals surface area contributed by atoms with E-state index in [0.29, 0.717) is 11.3 Å². The van der Waals surface area contributed by atoms with E-state index in [1.165, 1.54) is 12.1 Å². The van der Waals surface area contributed by atoms with Crippen LogP contribution in [0.3, 0.4) is 0 Å². The van der Waals surface area contributed by atoms with Crippen LogP contribution in [0.15, 0.2) is 36.5 Å². The van der Waals surface area contributed by atoms with Gasteiger partial charge in [-0.25, -0.2) is 8.78 Å². The monoisotopic (exact) mass is 220 g/mol. The largest absolute Gasteiger partial charge is 0.388 e. The normalized spacial score (nSPS) is 10.2. The molecule has 2 aromatic rings. The second-order valence-electron chi connectivity index (χ2n) is 3.34. The summed E-state index contributed by atoms with van der Waals surface area (Å²) in [4.78, 5) is 4.07. The summed E-state index contributed by atoms with van der Waals surface area (Å²) in [5.41, 5.74) is 1.80. The average Bonchev–Trinajstić information content (AvgIpc) is 2.28. The van der Waals surface area contributed by atoms with Crippen LogP contribution in [0.5, 0.6) is 0 Å². The molecule has 0 unspecified atom stereocenters. The second-order valence-corrected chi connectivity index (χ2v) is 3.34. The van der Waals surface area contributed by atoms with Crippen LogP contribution in [0.2, 0.25) is 0 Å². The van der Waals surface area contributed by atoms with Crippen LogP contribution in [0, 0.1) is 11.6 Å². The summed E-state index contributed by atoms with van der Waals surface area (Å²) in [5.74, 6) is -1.21. The van der Waals surface area contributed by atoms with E-state index in [1.807, 2.05) is 0 Å². The van der Waals surface area contributed by atoms with E-state index in [0.717, 1.165) is 11.8 Å². The highest BCUT2D eigenvalue weighted by Gasteiger charge is 2.04. The maximum Gasteiger partial charge on any atom is 0.126 e. The van der Waals surface area contributed by atoms with Gasteiger partial charge < -0.3 is 5.32 Å². The van der Waals surface area contributed by atoms with Crippen molar-refractivity contribution < 1.29 is 8.78 Å². The molecule has 0 spiro atoms. The SMILES string of the molecule is CNc1ccnc(-c2cc(F)cc(F)c2)c1. The molecule has 0 amide bonds. The van der Waals surface area contributed by atoms with Crippen LogP contribution in [0.25, 0.3) is 11.3 Å². The maximum atomic E-state index is 13.0. The lowest BCUT2D eigenvalue weighted by Gasteiger charge is -2.04. The molecule has 0 fully saturated rings. The van der Waals surface area contributed by atoms with E-state index in [2.05, 4.69) is 10.3 Å². The van der Waals surface area contributed by atoms with Gasteiger partial charge in [0.15, 0.2) is 0 Å². The minimum Gasteiger partial charge on any atom is -0.388 e. The van der Waals surface area contributed by atoms with Crippen LogP contribution in [-0.2, 0) is 0 Å². The standard InChI is InChI=1S/C12H10F2N2/c1-15-11-2-3-16-12(7-11)8-4-9(13)6-10(14)5-8/h2-7H,1H3,(H,15,16).